The van der Waals surface area contributed by atoms with Gasteiger partial charge in [0.2, 0.25) is 65.0 Å². The van der Waals surface area contributed by atoms with Gasteiger partial charge in [-0.2, -0.15) is 0 Å². The largest absolute Gasteiger partial charge is 0.508 e. The molecular formula is C55H82N16O16. The molecule has 0 aliphatic carbocycles. The van der Waals surface area contributed by atoms with Crippen LogP contribution in [0.3, 0.4) is 0 Å². The first-order valence-corrected chi connectivity index (χ1v) is 28.1. The molecule has 19 N–H and O–H groups in total. The van der Waals surface area contributed by atoms with E-state index in [1.54, 1.807) is 39.8 Å². The predicted molar refractivity (Wildman–Crippen MR) is 310 cm³/mol. The highest BCUT2D eigenvalue weighted by Crippen LogP contribution is 2.15. The highest BCUT2D eigenvalue weighted by molar-refractivity contribution is 6.00. The van der Waals surface area contributed by atoms with Gasteiger partial charge >= 0.3 is 11.9 Å². The molecule has 1 aromatic heterocycles. The molecule has 2 aromatic rings. The zero-order valence-electron chi connectivity index (χ0n) is 49.5. The fraction of sp³-hybridized carbons (Fsp3) is 0.545. The molecule has 0 spiro atoms. The number of aromatic amines is 1. The second kappa shape index (κ2) is 35.0. The third kappa shape index (κ3) is 24.8. The highest BCUT2D eigenvalue weighted by Gasteiger charge is 2.38. The molecule has 0 radical (unpaired) electrons. The normalized spacial score (nSPS) is 16.9. The number of carboxylic acids is 2. The molecule has 32 nitrogen and oxygen atoms in total. The van der Waals surface area contributed by atoms with Crippen molar-refractivity contribution in [3.63, 3.8) is 0 Å². The number of carbonyl (C=O) groups is 13. The summed E-state index contributed by atoms with van der Waals surface area (Å²) in [5.41, 5.74) is 17.3. The van der Waals surface area contributed by atoms with Gasteiger partial charge in [-0.15, -0.1) is 0 Å². The van der Waals surface area contributed by atoms with Crippen molar-refractivity contribution in [1.82, 2.24) is 62.7 Å². The topological polar surface area (TPSA) is 513 Å². The molecule has 0 fully saturated rings. The van der Waals surface area contributed by atoms with Gasteiger partial charge in [0.15, 0.2) is 5.96 Å². The number of phenols is 1. The van der Waals surface area contributed by atoms with Crippen LogP contribution in [0.2, 0.25) is 0 Å². The van der Waals surface area contributed by atoms with E-state index >= 15 is 0 Å². The molecule has 11 amide bonds. The number of H-pyrrole nitrogens is 1. The van der Waals surface area contributed by atoms with Crippen molar-refractivity contribution in [2.45, 2.75) is 167 Å². The molecule has 0 saturated carbocycles. The maximum atomic E-state index is 14.5. The van der Waals surface area contributed by atoms with E-state index in [0.29, 0.717) is 17.7 Å². The number of hydrogen-bond donors (Lipinski definition) is 16. The lowest BCUT2D eigenvalue weighted by molar-refractivity contribution is -0.144. The summed E-state index contributed by atoms with van der Waals surface area (Å²) < 4.78 is 0. The number of hydrogen-bond acceptors (Lipinski definition) is 16. The number of guanidine groups is 1. The van der Waals surface area contributed by atoms with Crippen LogP contribution < -0.4 is 65.1 Å². The number of phenolic OH excluding ortho intramolecular Hbond substituents is 1. The Balaban J connectivity index is 1.92. The number of aromatic hydroxyl groups is 1. The average Bonchev–Trinajstić information content (AvgIpc) is 2.87. The van der Waals surface area contributed by atoms with E-state index in [2.05, 4.69) is 62.8 Å². The number of rotatable bonds is 33. The molecule has 0 unspecified atom stereocenters. The Morgan fingerprint density at radius 3 is 1.78 bits per heavy atom. The SMILES string of the molecule is CC(C)C[C@H](NC(=O)[C@H](CC(N)=O)NC(=O)[C@H](CC(=O)O)NC(=O)[C@H](C)N1C/C=C\CCC(=O)N[C@@H](C)C1=O)C(=O)N[C@H](C(=O)N[C@@H](CCCN=C(N)N)C(=O)N[C@@H](Cc1cnc[nH]1)C(=O)N[C@@H](Cc1ccc(O)cc1)C(=O)N[C@@H](C)C(=O)O)C(C)C. The minimum atomic E-state index is -1.91. The van der Waals surface area contributed by atoms with Gasteiger partial charge in [-0.25, -0.2) is 4.98 Å². The second-order valence-electron chi connectivity index (χ2n) is 21.6. The molecule has 10 atom stereocenters. The smallest absolute Gasteiger partial charge is 0.325 e. The average molecular weight is 1220 g/mol. The lowest BCUT2D eigenvalue weighted by Gasteiger charge is -2.31. The number of nitrogens with two attached hydrogens (primary N) is 3. The Morgan fingerprint density at radius 1 is 0.678 bits per heavy atom. The number of nitrogens with one attached hydrogen (secondary N) is 10. The van der Waals surface area contributed by atoms with E-state index < -0.39 is 156 Å². The molecule has 0 bridgehead atoms. The molecule has 3 rings (SSSR count). The summed E-state index contributed by atoms with van der Waals surface area (Å²) >= 11 is 0. The van der Waals surface area contributed by atoms with E-state index in [1.165, 1.54) is 57.6 Å². The molecule has 1 aliphatic rings. The zero-order chi connectivity index (χ0) is 65.2. The second-order valence-corrected chi connectivity index (χ2v) is 21.6. The summed E-state index contributed by atoms with van der Waals surface area (Å²) in [4.78, 5) is 186. The van der Waals surface area contributed by atoms with E-state index in [0.717, 1.165) is 4.90 Å². The van der Waals surface area contributed by atoms with Gasteiger partial charge in [-0.05, 0) is 76.0 Å². The molecule has 0 saturated heterocycles. The first-order valence-electron chi connectivity index (χ1n) is 28.1. The number of aliphatic imine (C=N–C) groups is 1. The van der Waals surface area contributed by atoms with E-state index in [4.69, 9.17) is 17.2 Å². The Hall–Kier alpha value is -9.65. The van der Waals surface area contributed by atoms with Crippen LogP contribution in [0.4, 0.5) is 0 Å². The standard InChI is InChI=1S/C55H82N16O16/c1-27(2)20-36(66-49(81)39(23-41(56)73)69-50(82)40(24-43(75)76)65-45(77)31(7)71-19-10-8-9-13-42(74)62-29(5)53(71)85)51(83)70-44(28(3)4)52(84)64-35(12-11-18-60-55(57)58)46(78)68-38(22-33-25-59-26-61-33)48(80)67-37(47(79)63-30(6)54(86)87)21-32-14-16-34(72)17-15-32/h8,10,14-17,25-31,35-40,44,72H,9,11-13,18-24H2,1-7H3,(H2,56,73)(H,59,61)(H,62,74)(H,63,79)(H,64,84)(H,65,77)(H,66,81)(H,67,80)(H,68,78)(H,69,82)(H,70,83)(H,75,76)(H,86,87)(H4,57,58,60)/b10-8-/t29-,30-,31-,35-,36-,37-,38-,39-,40-,44-/m0/s1. The minimum Gasteiger partial charge on any atom is -0.508 e. The number of aliphatic carboxylic acids is 2. The molecular weight excluding hydrogens is 1140 g/mol. The van der Waals surface area contributed by atoms with Gasteiger partial charge in [0.05, 0.1) is 19.2 Å². The predicted octanol–water partition coefficient (Wildman–Crippen LogP) is -3.94. The third-order valence-corrected chi connectivity index (χ3v) is 13.5. The number of amides is 11. The Kier molecular flexibility index (Phi) is 28.8. The van der Waals surface area contributed by atoms with Crippen LogP contribution in [-0.4, -0.2) is 187 Å². The van der Waals surface area contributed by atoms with E-state index in [1.807, 2.05) is 0 Å². The van der Waals surface area contributed by atoms with E-state index in [-0.39, 0.29) is 69.2 Å². The summed E-state index contributed by atoms with van der Waals surface area (Å²) in [6.07, 6.45) is 3.71. The van der Waals surface area contributed by atoms with Crippen LogP contribution >= 0.6 is 0 Å². The van der Waals surface area contributed by atoms with Gasteiger partial charge in [0.25, 0.3) is 0 Å². The number of carboxylic acid groups (broad SMARTS) is 2. The van der Waals surface area contributed by atoms with Crippen LogP contribution in [-0.2, 0) is 75.2 Å². The highest BCUT2D eigenvalue weighted by atomic mass is 16.4. The van der Waals surface area contributed by atoms with Gasteiger partial charge in [0.1, 0.15) is 66.2 Å². The first kappa shape index (κ1) is 71.6. The monoisotopic (exact) mass is 1220 g/mol. The van der Waals surface area contributed by atoms with Crippen LogP contribution in [0.5, 0.6) is 5.75 Å². The Labute approximate surface area is 501 Å². The number of nitrogens with zero attached hydrogens (tertiary/aromatic N) is 3. The summed E-state index contributed by atoms with van der Waals surface area (Å²) in [6, 6.07) is -9.33. The third-order valence-electron chi connectivity index (χ3n) is 13.5. The molecule has 1 aromatic carbocycles. The summed E-state index contributed by atoms with van der Waals surface area (Å²) in [5.74, 6) is -14.7. The Bertz CT molecular complexity index is 2820. The van der Waals surface area contributed by atoms with Gasteiger partial charge in [-0.1, -0.05) is 52.0 Å². The van der Waals surface area contributed by atoms with Crippen molar-refractivity contribution in [3.05, 3.63) is 60.2 Å². The van der Waals surface area contributed by atoms with Crippen molar-refractivity contribution in [3.8, 4) is 5.75 Å². The molecule has 87 heavy (non-hydrogen) atoms. The minimum absolute atomic E-state index is 0.0315. The maximum absolute atomic E-state index is 14.5. The fourth-order valence-corrected chi connectivity index (χ4v) is 8.70. The van der Waals surface area contributed by atoms with Crippen molar-refractivity contribution < 1.29 is 77.6 Å². The van der Waals surface area contributed by atoms with Crippen LogP contribution in [0.25, 0.3) is 0 Å². The fourth-order valence-electron chi connectivity index (χ4n) is 8.70. The van der Waals surface area contributed by atoms with Gasteiger partial charge in [-0.3, -0.25) is 67.3 Å². The lowest BCUT2D eigenvalue weighted by Crippen LogP contribution is -2.61. The molecule has 478 valence electrons. The number of benzene rings is 1. The summed E-state index contributed by atoms with van der Waals surface area (Å²) in [5, 5.41) is 51.4. The van der Waals surface area contributed by atoms with E-state index in [9.17, 15) is 77.6 Å². The zero-order valence-corrected chi connectivity index (χ0v) is 49.5. The quantitative estimate of drug-likeness (QED) is 0.0140. The van der Waals surface area contributed by atoms with Crippen LogP contribution in [0, 0.1) is 11.8 Å². The van der Waals surface area contributed by atoms with Crippen molar-refractivity contribution in [1.29, 1.82) is 0 Å². The number of primary amides is 1. The van der Waals surface area contributed by atoms with Crippen molar-refractivity contribution >= 4 is 82.9 Å². The molecule has 32 heteroatoms. The molecule has 1 aliphatic heterocycles. The van der Waals surface area contributed by atoms with Crippen LogP contribution in [0.15, 0.2) is 53.9 Å². The number of aromatic nitrogens is 2. The Morgan fingerprint density at radius 2 is 1.22 bits per heavy atom. The summed E-state index contributed by atoms with van der Waals surface area (Å²) in [6.45, 7) is 10.3. The van der Waals surface area contributed by atoms with Crippen molar-refractivity contribution in [2.75, 3.05) is 13.1 Å². The lowest BCUT2D eigenvalue weighted by atomic mass is 9.98. The van der Waals surface area contributed by atoms with Gasteiger partial charge < -0.3 is 90.3 Å². The number of allylic oxidation sites excluding steroid dienone is 1. The number of carbonyl (C=O) groups excluding carboxylic acids is 11. The van der Waals surface area contributed by atoms with Crippen molar-refractivity contribution in [2.24, 2.45) is 34.0 Å². The summed E-state index contributed by atoms with van der Waals surface area (Å²) in [7, 11) is 0. The van der Waals surface area contributed by atoms with Crippen LogP contribution in [0.1, 0.15) is 105 Å². The molecule has 2 heterocycles. The maximum Gasteiger partial charge on any atom is 0.325 e. The first-order chi connectivity index (χ1) is 40.9. The van der Waals surface area contributed by atoms with Gasteiger partial charge in [0, 0.05) is 44.2 Å². The number of imidazole rings is 1.